The molecule has 0 saturated heterocycles. The Morgan fingerprint density at radius 1 is 1.44 bits per heavy atom. The first-order valence-electron chi connectivity index (χ1n) is 3.62. The molecule has 0 aliphatic carbocycles. The molecule has 0 bridgehead atoms. The van der Waals surface area contributed by atoms with Crippen molar-refractivity contribution in [1.29, 1.82) is 0 Å². The van der Waals surface area contributed by atoms with Crippen LogP contribution in [0.2, 0.25) is 0 Å². The molecule has 54 valence electrons. The zero-order valence-electron chi connectivity index (χ0n) is 6.55. The summed E-state index contributed by atoms with van der Waals surface area (Å²) in [7, 11) is -0.895. The fourth-order valence-corrected chi connectivity index (χ4v) is 1.72. The topological polar surface area (TPSA) is 17.1 Å². The fraction of sp³-hybridized carbons (Fsp3) is 1.00. The smallest absolute Gasteiger partial charge is 0.0745 e. The third-order valence-electron chi connectivity index (χ3n) is 1.31. The van der Waals surface area contributed by atoms with Crippen molar-refractivity contribution in [3.05, 3.63) is 0 Å². The minimum atomic E-state index is -0.895. The van der Waals surface area contributed by atoms with Gasteiger partial charge in [-0.1, -0.05) is 17.9 Å². The van der Waals surface area contributed by atoms with Crippen molar-refractivity contribution in [2.75, 3.05) is 6.16 Å². The van der Waals surface area contributed by atoms with Gasteiger partial charge in [-0.3, -0.25) is 0 Å². The molecule has 0 amide bonds. The van der Waals surface area contributed by atoms with Gasteiger partial charge < -0.3 is 0 Å². The summed E-state index contributed by atoms with van der Waals surface area (Å²) >= 11 is 0. The summed E-state index contributed by atoms with van der Waals surface area (Å²) in [4.78, 5) is 0. The molecule has 0 N–H and O–H groups in total. The molecule has 0 saturated carbocycles. The van der Waals surface area contributed by atoms with Gasteiger partial charge in [0.15, 0.2) is 0 Å². The van der Waals surface area contributed by atoms with Crippen molar-refractivity contribution in [2.45, 2.75) is 39.3 Å². The Labute approximate surface area is 58.6 Å². The van der Waals surface area contributed by atoms with Gasteiger partial charge in [0.25, 0.3) is 0 Å². The first kappa shape index (κ1) is 9.10. The highest BCUT2D eigenvalue weighted by atomic mass is 31.1. The molecule has 0 aromatic heterocycles. The Morgan fingerprint density at radius 3 is 2.33 bits per heavy atom. The molecule has 0 radical (unpaired) electrons. The zero-order chi connectivity index (χ0) is 7.28. The van der Waals surface area contributed by atoms with E-state index >= 15 is 0 Å². The molecule has 0 aliphatic heterocycles. The van der Waals surface area contributed by atoms with Crippen LogP contribution in [0.5, 0.6) is 0 Å². The van der Waals surface area contributed by atoms with E-state index in [9.17, 15) is 4.57 Å². The van der Waals surface area contributed by atoms with Crippen LogP contribution in [0.1, 0.15) is 33.6 Å². The first-order chi connectivity index (χ1) is 4.18. The average molecular weight is 147 g/mol. The molecule has 0 rings (SSSR count). The van der Waals surface area contributed by atoms with Gasteiger partial charge in [-0.25, -0.2) is 0 Å². The van der Waals surface area contributed by atoms with Crippen LogP contribution in [0, 0.1) is 0 Å². The Hall–Kier alpha value is 0.100. The largest absolute Gasteiger partial charge is 0.341 e. The van der Waals surface area contributed by atoms with Crippen molar-refractivity contribution in [1.82, 2.24) is 0 Å². The summed E-state index contributed by atoms with van der Waals surface area (Å²) in [5, 5.41) is 0. The van der Waals surface area contributed by atoms with E-state index in [-0.39, 0.29) is 0 Å². The molecular weight excluding hydrogens is 131 g/mol. The van der Waals surface area contributed by atoms with E-state index in [2.05, 4.69) is 6.92 Å². The predicted molar refractivity (Wildman–Crippen MR) is 42.5 cm³/mol. The maximum atomic E-state index is 11.0. The van der Waals surface area contributed by atoms with E-state index in [1.165, 1.54) is 0 Å². The number of unbranched alkanes of at least 4 members (excludes halogenated alkanes) is 1. The Morgan fingerprint density at radius 2 is 2.00 bits per heavy atom. The predicted octanol–water partition coefficient (Wildman–Crippen LogP) is 3.02. The van der Waals surface area contributed by atoms with Crippen LogP contribution < -0.4 is 0 Å². The quantitative estimate of drug-likeness (QED) is 0.558. The van der Waals surface area contributed by atoms with Crippen LogP contribution in [0.25, 0.3) is 0 Å². The van der Waals surface area contributed by atoms with Crippen molar-refractivity contribution in [3.8, 4) is 0 Å². The average Bonchev–Trinajstić information content (AvgIpc) is 1.82. The Kier molecular flexibility index (Phi) is 4.99. The summed E-state index contributed by atoms with van der Waals surface area (Å²) in [6.45, 7) is 6.17. The van der Waals surface area contributed by atoms with Crippen LogP contribution in [-0.2, 0) is 4.57 Å². The van der Waals surface area contributed by atoms with Gasteiger partial charge in [-0.05, 0) is 20.3 Å². The highest BCUT2D eigenvalue weighted by Gasteiger charge is 2.18. The van der Waals surface area contributed by atoms with Gasteiger partial charge in [0.1, 0.15) is 11.8 Å². The van der Waals surface area contributed by atoms with Crippen molar-refractivity contribution < 1.29 is 4.57 Å². The molecule has 0 aromatic rings. The van der Waals surface area contributed by atoms with Crippen LogP contribution in [0.3, 0.4) is 0 Å². The Balaban J connectivity index is 3.28. The third kappa shape index (κ3) is 4.59. The van der Waals surface area contributed by atoms with E-state index in [1.54, 1.807) is 0 Å². The molecule has 1 unspecified atom stereocenters. The number of hydrogen-bond acceptors (Lipinski definition) is 1. The van der Waals surface area contributed by atoms with Gasteiger partial charge >= 0.3 is 7.80 Å². The second-order valence-corrected chi connectivity index (χ2v) is 4.90. The van der Waals surface area contributed by atoms with E-state index < -0.39 is 7.80 Å². The molecule has 0 aromatic carbocycles. The molecule has 0 heterocycles. The molecular formula is C7H16OP+. The van der Waals surface area contributed by atoms with Gasteiger partial charge in [0.05, 0.1) is 0 Å². The molecule has 0 fully saturated rings. The summed E-state index contributed by atoms with van der Waals surface area (Å²) in [5.74, 6) is 0. The molecule has 0 aliphatic rings. The lowest BCUT2D eigenvalue weighted by atomic mass is 10.4. The molecule has 9 heavy (non-hydrogen) atoms. The first-order valence-corrected chi connectivity index (χ1v) is 5.13. The van der Waals surface area contributed by atoms with E-state index in [0.717, 1.165) is 19.0 Å². The zero-order valence-corrected chi connectivity index (χ0v) is 7.45. The van der Waals surface area contributed by atoms with Gasteiger partial charge in [-0.15, -0.1) is 0 Å². The van der Waals surface area contributed by atoms with E-state index in [1.807, 2.05) is 13.8 Å². The molecule has 1 nitrogen and oxygen atoms in total. The lowest BCUT2D eigenvalue weighted by Crippen LogP contribution is -1.89. The number of rotatable bonds is 4. The minimum Gasteiger partial charge on any atom is -0.0745 e. The third-order valence-corrected chi connectivity index (χ3v) is 3.22. The summed E-state index contributed by atoms with van der Waals surface area (Å²) in [6, 6.07) is 0. The van der Waals surface area contributed by atoms with Crippen LogP contribution in [-0.4, -0.2) is 11.8 Å². The second-order valence-electron chi connectivity index (χ2n) is 2.59. The normalized spacial score (nSPS) is 12.2. The van der Waals surface area contributed by atoms with Crippen LogP contribution in [0.4, 0.5) is 0 Å². The van der Waals surface area contributed by atoms with Crippen molar-refractivity contribution in [2.24, 2.45) is 0 Å². The van der Waals surface area contributed by atoms with Crippen molar-refractivity contribution in [3.63, 3.8) is 0 Å². The highest BCUT2D eigenvalue weighted by Crippen LogP contribution is 2.27. The van der Waals surface area contributed by atoms with E-state index in [4.69, 9.17) is 0 Å². The highest BCUT2D eigenvalue weighted by molar-refractivity contribution is 7.45. The fourth-order valence-electron chi connectivity index (χ4n) is 0.572. The second kappa shape index (κ2) is 4.93. The van der Waals surface area contributed by atoms with Gasteiger partial charge in [0, 0.05) is 0 Å². The Bertz CT molecular complexity index is 88.9. The maximum absolute atomic E-state index is 11.0. The van der Waals surface area contributed by atoms with E-state index in [0.29, 0.717) is 5.66 Å². The summed E-state index contributed by atoms with van der Waals surface area (Å²) in [5.41, 5.74) is 0.381. The maximum Gasteiger partial charge on any atom is 0.341 e. The molecule has 1 atom stereocenters. The summed E-state index contributed by atoms with van der Waals surface area (Å²) < 4.78 is 11.0. The molecule has 2 heteroatoms. The van der Waals surface area contributed by atoms with Crippen LogP contribution >= 0.6 is 7.80 Å². The number of hydrogen-bond donors (Lipinski definition) is 0. The van der Waals surface area contributed by atoms with Gasteiger partial charge in [0.2, 0.25) is 0 Å². The SMILES string of the molecule is CCCC[P+](=O)C(C)C. The summed E-state index contributed by atoms with van der Waals surface area (Å²) in [6.07, 6.45) is 3.20. The standard InChI is InChI=1S/C7H16OP/c1-4-5-6-9(8)7(2)3/h7H,4-6H2,1-3H3/q+1. The lowest BCUT2D eigenvalue weighted by molar-refractivity contribution is 0.580. The van der Waals surface area contributed by atoms with Crippen LogP contribution in [0.15, 0.2) is 0 Å². The van der Waals surface area contributed by atoms with Crippen molar-refractivity contribution >= 4 is 7.80 Å². The minimum absolute atomic E-state index is 0.381. The lowest BCUT2D eigenvalue weighted by Gasteiger charge is -1.88. The molecule has 0 spiro atoms. The van der Waals surface area contributed by atoms with Gasteiger partial charge in [-0.2, -0.15) is 0 Å². The monoisotopic (exact) mass is 147 g/mol.